The van der Waals surface area contributed by atoms with Crippen LogP contribution in [-0.4, -0.2) is 4.57 Å². The highest BCUT2D eigenvalue weighted by Crippen LogP contribution is 2.45. The van der Waals surface area contributed by atoms with Crippen LogP contribution in [0.2, 0.25) is 0 Å². The number of benzene rings is 10. The molecule has 0 saturated carbocycles. The summed E-state index contributed by atoms with van der Waals surface area (Å²) in [4.78, 5) is 2.33. The second-order valence-electron chi connectivity index (χ2n) is 15.3. The Labute approximate surface area is 341 Å². The Hall–Kier alpha value is -7.88. The molecule has 0 aliphatic heterocycles. The summed E-state index contributed by atoms with van der Waals surface area (Å²) in [6.07, 6.45) is 0. The largest absolute Gasteiger partial charge is 0.454 e. The van der Waals surface area contributed by atoms with Crippen LogP contribution in [-0.2, 0) is 0 Å². The van der Waals surface area contributed by atoms with Crippen molar-refractivity contribution in [2.75, 3.05) is 4.90 Å². The van der Waals surface area contributed by atoms with Crippen molar-refractivity contribution in [3.63, 3.8) is 0 Å². The molecule has 10 aromatic carbocycles. The van der Waals surface area contributed by atoms with E-state index in [0.717, 1.165) is 44.7 Å². The second-order valence-corrected chi connectivity index (χ2v) is 15.3. The van der Waals surface area contributed by atoms with Crippen molar-refractivity contribution in [3.05, 3.63) is 218 Å². The Kier molecular flexibility index (Phi) is 7.54. The Morgan fingerprint density at radius 3 is 1.86 bits per heavy atom. The molecule has 0 bridgehead atoms. The van der Waals surface area contributed by atoms with Crippen molar-refractivity contribution in [1.82, 2.24) is 4.57 Å². The third kappa shape index (κ3) is 5.44. The smallest absolute Gasteiger partial charge is 0.159 e. The van der Waals surface area contributed by atoms with E-state index in [1.807, 2.05) is 0 Å². The molecule has 0 aliphatic rings. The van der Waals surface area contributed by atoms with Crippen molar-refractivity contribution in [1.29, 1.82) is 0 Å². The average molecular weight is 753 g/mol. The summed E-state index contributed by atoms with van der Waals surface area (Å²) in [7, 11) is 0. The molecule has 0 saturated heterocycles. The molecule has 0 N–H and O–H groups in total. The molecule has 0 unspecified atom stereocenters. The Bertz CT molecular complexity index is 3540. The fourth-order valence-corrected chi connectivity index (χ4v) is 9.15. The quantitative estimate of drug-likeness (QED) is 0.169. The summed E-state index contributed by atoms with van der Waals surface area (Å²) >= 11 is 0. The summed E-state index contributed by atoms with van der Waals surface area (Å²) < 4.78 is 9.26. The van der Waals surface area contributed by atoms with Gasteiger partial charge in [0.05, 0.1) is 16.7 Å². The first-order valence-electron chi connectivity index (χ1n) is 20.2. The molecule has 0 atom stereocenters. The predicted molar refractivity (Wildman–Crippen MR) is 249 cm³/mol. The molecule has 0 spiro atoms. The fraction of sp³-hybridized carbons (Fsp3) is 0. The summed E-state index contributed by atoms with van der Waals surface area (Å²) in [6, 6.07) is 78.6. The van der Waals surface area contributed by atoms with Gasteiger partial charge in [-0.2, -0.15) is 0 Å². The van der Waals surface area contributed by atoms with Crippen LogP contribution in [0.3, 0.4) is 0 Å². The van der Waals surface area contributed by atoms with Gasteiger partial charge in [0, 0.05) is 38.6 Å². The Balaban J connectivity index is 0.995. The number of hydrogen-bond donors (Lipinski definition) is 0. The third-order valence-corrected chi connectivity index (χ3v) is 11.9. The molecule has 12 aromatic rings. The number of hydrogen-bond acceptors (Lipinski definition) is 2. The normalized spacial score (nSPS) is 11.7. The van der Waals surface area contributed by atoms with Gasteiger partial charge >= 0.3 is 0 Å². The van der Waals surface area contributed by atoms with E-state index in [9.17, 15) is 0 Å². The van der Waals surface area contributed by atoms with Gasteiger partial charge in [0.15, 0.2) is 5.58 Å². The van der Waals surface area contributed by atoms with E-state index < -0.39 is 0 Å². The van der Waals surface area contributed by atoms with Crippen LogP contribution in [0.4, 0.5) is 17.1 Å². The zero-order valence-electron chi connectivity index (χ0n) is 32.1. The molecule has 0 fully saturated rings. The van der Waals surface area contributed by atoms with Crippen molar-refractivity contribution in [2.24, 2.45) is 0 Å². The van der Waals surface area contributed by atoms with Gasteiger partial charge in [-0.05, 0) is 117 Å². The molecule has 0 amide bonds. The zero-order valence-corrected chi connectivity index (χ0v) is 32.1. The topological polar surface area (TPSA) is 21.3 Å². The summed E-state index contributed by atoms with van der Waals surface area (Å²) in [6.45, 7) is 0. The van der Waals surface area contributed by atoms with Gasteiger partial charge in [-0.3, -0.25) is 0 Å². The number of para-hydroxylation sites is 3. The first kappa shape index (κ1) is 33.3. The lowest BCUT2D eigenvalue weighted by Gasteiger charge is -2.26. The average Bonchev–Trinajstić information content (AvgIpc) is 3.86. The number of rotatable bonds is 6. The maximum atomic E-state index is 6.89. The number of aromatic nitrogens is 1. The van der Waals surface area contributed by atoms with Crippen LogP contribution >= 0.6 is 0 Å². The van der Waals surface area contributed by atoms with Crippen LogP contribution in [0.25, 0.3) is 93.2 Å². The summed E-state index contributed by atoms with van der Waals surface area (Å²) in [5, 5.41) is 9.48. The van der Waals surface area contributed by atoms with Crippen LogP contribution in [0.1, 0.15) is 0 Å². The highest BCUT2D eigenvalue weighted by Gasteiger charge is 2.21. The Morgan fingerprint density at radius 2 is 1.00 bits per heavy atom. The van der Waals surface area contributed by atoms with Crippen LogP contribution in [0.15, 0.2) is 223 Å². The SMILES string of the molecule is c1ccc(-c2ccc(N(c3ccc4ccccc4c3)c3cccc4c3oc3ccc5cc(-c6ccc7c(c6)c6ccccc6n7-c6ccccc6)ccc5c34)cc2)cc1. The Morgan fingerprint density at radius 1 is 0.356 bits per heavy atom. The van der Waals surface area contributed by atoms with Crippen LogP contribution in [0, 0.1) is 0 Å². The van der Waals surface area contributed by atoms with E-state index in [2.05, 4.69) is 228 Å². The maximum Gasteiger partial charge on any atom is 0.159 e. The molecule has 59 heavy (non-hydrogen) atoms. The van der Waals surface area contributed by atoms with E-state index in [1.54, 1.807) is 0 Å². The molecule has 3 heteroatoms. The number of fused-ring (bicyclic) bond motifs is 9. The molecule has 0 radical (unpaired) electrons. The lowest BCUT2D eigenvalue weighted by Crippen LogP contribution is -2.10. The van der Waals surface area contributed by atoms with Gasteiger partial charge in [-0.15, -0.1) is 0 Å². The van der Waals surface area contributed by atoms with Gasteiger partial charge in [0.25, 0.3) is 0 Å². The summed E-state index contributed by atoms with van der Waals surface area (Å²) in [5.41, 5.74) is 13.2. The van der Waals surface area contributed by atoms with Gasteiger partial charge in [0.1, 0.15) is 5.58 Å². The fourth-order valence-electron chi connectivity index (χ4n) is 9.15. The van der Waals surface area contributed by atoms with E-state index in [4.69, 9.17) is 4.42 Å². The molecule has 12 rings (SSSR count). The highest BCUT2D eigenvalue weighted by atomic mass is 16.3. The number of anilines is 3. The molecule has 2 heterocycles. The number of furan rings is 1. The monoisotopic (exact) mass is 752 g/mol. The van der Waals surface area contributed by atoms with E-state index in [1.165, 1.54) is 65.6 Å². The van der Waals surface area contributed by atoms with Crippen molar-refractivity contribution in [2.45, 2.75) is 0 Å². The lowest BCUT2D eigenvalue weighted by molar-refractivity contribution is 0.669. The predicted octanol–water partition coefficient (Wildman–Crippen LogP) is 15.8. The third-order valence-electron chi connectivity index (χ3n) is 11.9. The van der Waals surface area contributed by atoms with Crippen LogP contribution in [0.5, 0.6) is 0 Å². The first-order chi connectivity index (χ1) is 29.2. The highest BCUT2D eigenvalue weighted by molar-refractivity contribution is 6.21. The van der Waals surface area contributed by atoms with E-state index in [-0.39, 0.29) is 0 Å². The van der Waals surface area contributed by atoms with Crippen LogP contribution < -0.4 is 4.90 Å². The molecule has 3 nitrogen and oxygen atoms in total. The van der Waals surface area contributed by atoms with Gasteiger partial charge in [-0.1, -0.05) is 146 Å². The molecule has 276 valence electrons. The van der Waals surface area contributed by atoms with E-state index >= 15 is 0 Å². The lowest BCUT2D eigenvalue weighted by atomic mass is 9.97. The number of nitrogens with zero attached hydrogens (tertiary/aromatic N) is 2. The first-order valence-corrected chi connectivity index (χ1v) is 20.2. The maximum absolute atomic E-state index is 6.89. The van der Waals surface area contributed by atoms with Gasteiger partial charge in [0.2, 0.25) is 0 Å². The van der Waals surface area contributed by atoms with Crippen molar-refractivity contribution in [3.8, 4) is 27.9 Å². The second kappa shape index (κ2) is 13.4. The molecule has 0 aliphatic carbocycles. The minimum absolute atomic E-state index is 0.861. The zero-order chi connectivity index (χ0) is 38.9. The minimum atomic E-state index is 0.861. The van der Waals surface area contributed by atoms with E-state index in [0.29, 0.717) is 0 Å². The van der Waals surface area contributed by atoms with Gasteiger partial charge < -0.3 is 13.9 Å². The molecular formula is C56H36N2O. The summed E-state index contributed by atoms with van der Waals surface area (Å²) in [5.74, 6) is 0. The van der Waals surface area contributed by atoms with Crippen molar-refractivity contribution >= 4 is 82.4 Å². The van der Waals surface area contributed by atoms with Gasteiger partial charge in [-0.25, -0.2) is 0 Å². The molecule has 2 aromatic heterocycles. The standard InChI is InChI=1S/C56H36N2O/c1-3-12-37(13-4-1)39-22-28-45(29-23-39)57(46-30-24-38-14-7-8-15-40(38)35-46)53-21-11-19-49-55-47-31-25-41(34-43(47)27-33-54(55)59-56(49)53)42-26-32-52-50(36-42)48-18-9-10-20-51(48)58(52)44-16-5-2-6-17-44/h1-36H. The molecular weight excluding hydrogens is 717 g/mol. The van der Waals surface area contributed by atoms with Crippen molar-refractivity contribution < 1.29 is 4.42 Å². The minimum Gasteiger partial charge on any atom is -0.454 e.